The van der Waals surface area contributed by atoms with Gasteiger partial charge < -0.3 is 14.6 Å². The van der Waals surface area contributed by atoms with Gasteiger partial charge in [0.1, 0.15) is 5.69 Å². The summed E-state index contributed by atoms with van der Waals surface area (Å²) in [5.74, 6) is -0.0190. The maximum Gasteiger partial charge on any atom is 0.274 e. The molecule has 0 unspecified atom stereocenters. The van der Waals surface area contributed by atoms with Crippen molar-refractivity contribution in [3.05, 3.63) is 63.5 Å². The Bertz CT molecular complexity index is 770. The lowest BCUT2D eigenvalue weighted by Gasteiger charge is -2.17. The fraction of sp³-hybridized carbons (Fsp3) is 0.294. The fourth-order valence-corrected chi connectivity index (χ4v) is 3.04. The summed E-state index contributed by atoms with van der Waals surface area (Å²) in [7, 11) is 0. The molecule has 2 heterocycles. The van der Waals surface area contributed by atoms with Crippen molar-refractivity contribution in [2.75, 3.05) is 18.1 Å². The summed E-state index contributed by atoms with van der Waals surface area (Å²) in [6, 6.07) is 10.8. The number of benzene rings is 1. The molecular formula is C17H17ClN2O3. The number of aromatic nitrogens is 1. The minimum absolute atomic E-state index is 0.0469. The van der Waals surface area contributed by atoms with Gasteiger partial charge in [0.15, 0.2) is 0 Å². The third kappa shape index (κ3) is 3.16. The number of aliphatic hydroxyl groups is 1. The van der Waals surface area contributed by atoms with Crippen molar-refractivity contribution >= 4 is 23.2 Å². The van der Waals surface area contributed by atoms with E-state index in [0.29, 0.717) is 23.7 Å². The zero-order valence-electron chi connectivity index (χ0n) is 12.5. The lowest BCUT2D eigenvalue weighted by Crippen LogP contribution is -2.33. The second-order valence-corrected chi connectivity index (χ2v) is 6.01. The molecule has 1 saturated heterocycles. The molecule has 0 bridgehead atoms. The highest BCUT2D eigenvalue weighted by molar-refractivity contribution is 6.30. The van der Waals surface area contributed by atoms with Crippen LogP contribution in [0.15, 0.2) is 47.4 Å². The number of halogens is 1. The monoisotopic (exact) mass is 332 g/mol. The number of carbonyl (C=O) groups excluding carboxylic acids is 1. The predicted molar refractivity (Wildman–Crippen MR) is 89.0 cm³/mol. The van der Waals surface area contributed by atoms with E-state index in [1.54, 1.807) is 30.5 Å². The first kappa shape index (κ1) is 15.8. The molecule has 0 spiro atoms. The summed E-state index contributed by atoms with van der Waals surface area (Å²) in [6.45, 7) is 0.568. The first-order valence-electron chi connectivity index (χ1n) is 7.46. The topological polar surface area (TPSA) is 62.5 Å². The summed E-state index contributed by atoms with van der Waals surface area (Å²) < 4.78 is 1.41. The summed E-state index contributed by atoms with van der Waals surface area (Å²) >= 11 is 5.90. The van der Waals surface area contributed by atoms with Crippen molar-refractivity contribution in [1.29, 1.82) is 0 Å². The van der Waals surface area contributed by atoms with Gasteiger partial charge in [-0.1, -0.05) is 23.7 Å². The van der Waals surface area contributed by atoms with E-state index in [-0.39, 0.29) is 30.5 Å². The van der Waals surface area contributed by atoms with Crippen molar-refractivity contribution < 1.29 is 9.90 Å². The molecule has 120 valence electrons. The Kier molecular flexibility index (Phi) is 4.50. The van der Waals surface area contributed by atoms with Crippen LogP contribution in [0.1, 0.15) is 17.9 Å². The normalized spacial score (nSPS) is 17.7. The number of amides is 1. The number of carbonyl (C=O) groups is 1. The molecular weight excluding hydrogens is 316 g/mol. The zero-order valence-corrected chi connectivity index (χ0v) is 13.2. The first-order chi connectivity index (χ1) is 11.1. The average Bonchev–Trinajstić information content (AvgIpc) is 2.92. The molecule has 0 aliphatic carbocycles. The smallest absolute Gasteiger partial charge is 0.274 e. The summed E-state index contributed by atoms with van der Waals surface area (Å²) in [4.78, 5) is 26.3. The largest absolute Gasteiger partial charge is 0.395 e. The van der Waals surface area contributed by atoms with Gasteiger partial charge in [0.2, 0.25) is 5.91 Å². The van der Waals surface area contributed by atoms with E-state index in [4.69, 9.17) is 16.7 Å². The third-order valence-corrected chi connectivity index (χ3v) is 4.35. The van der Waals surface area contributed by atoms with E-state index >= 15 is 0 Å². The number of hydrogen-bond donors (Lipinski definition) is 1. The Morgan fingerprint density at radius 3 is 2.61 bits per heavy atom. The molecule has 5 nitrogen and oxygen atoms in total. The molecule has 1 N–H and O–H groups in total. The van der Waals surface area contributed by atoms with Crippen LogP contribution in [0, 0.1) is 0 Å². The highest BCUT2D eigenvalue weighted by atomic mass is 35.5. The van der Waals surface area contributed by atoms with Crippen LogP contribution in [0.2, 0.25) is 5.02 Å². The highest BCUT2D eigenvalue weighted by Crippen LogP contribution is 2.31. The molecule has 1 aromatic carbocycles. The Labute approximate surface area is 138 Å². The van der Waals surface area contributed by atoms with Crippen molar-refractivity contribution in [2.45, 2.75) is 18.9 Å². The molecule has 6 heteroatoms. The molecule has 0 radical (unpaired) electrons. The Balaban J connectivity index is 1.87. The summed E-state index contributed by atoms with van der Waals surface area (Å²) in [5.41, 5.74) is 1.14. The molecule has 1 aliphatic rings. The van der Waals surface area contributed by atoms with Crippen LogP contribution in [0.4, 0.5) is 5.69 Å². The second-order valence-electron chi connectivity index (χ2n) is 5.57. The van der Waals surface area contributed by atoms with Crippen LogP contribution in [0.3, 0.4) is 0 Å². The SMILES string of the molecule is O=C1C[C@H](c2ccc(Cl)cc2)CN1c1cccn(CCO)c1=O. The van der Waals surface area contributed by atoms with Crippen LogP contribution >= 0.6 is 11.6 Å². The second kappa shape index (κ2) is 6.56. The van der Waals surface area contributed by atoms with E-state index < -0.39 is 0 Å². The van der Waals surface area contributed by atoms with Gasteiger partial charge in [-0.15, -0.1) is 0 Å². The van der Waals surface area contributed by atoms with Gasteiger partial charge in [-0.25, -0.2) is 0 Å². The Hall–Kier alpha value is -2.11. The number of rotatable bonds is 4. The van der Waals surface area contributed by atoms with E-state index in [0.717, 1.165) is 5.56 Å². The number of pyridine rings is 1. The Morgan fingerprint density at radius 2 is 1.91 bits per heavy atom. The van der Waals surface area contributed by atoms with E-state index in [2.05, 4.69) is 0 Å². The molecule has 1 aromatic heterocycles. The van der Waals surface area contributed by atoms with Crippen LogP contribution in [0.25, 0.3) is 0 Å². The van der Waals surface area contributed by atoms with Crippen LogP contribution in [-0.4, -0.2) is 28.7 Å². The number of aliphatic hydroxyl groups excluding tert-OH is 1. The van der Waals surface area contributed by atoms with Crippen LogP contribution in [-0.2, 0) is 11.3 Å². The molecule has 1 fully saturated rings. The lowest BCUT2D eigenvalue weighted by atomic mass is 9.98. The summed E-state index contributed by atoms with van der Waals surface area (Å²) in [6.07, 6.45) is 1.98. The molecule has 1 amide bonds. The molecule has 1 aliphatic heterocycles. The molecule has 1 atom stereocenters. The van der Waals surface area contributed by atoms with Gasteiger partial charge in [-0.3, -0.25) is 9.59 Å². The standard InChI is InChI=1S/C17H17ClN2O3/c18-14-5-3-12(4-6-14)13-10-16(22)20(11-13)15-2-1-7-19(8-9-21)17(15)23/h1-7,13,21H,8-11H2/t13-/m0/s1. The maximum atomic E-state index is 12.4. The zero-order chi connectivity index (χ0) is 16.4. The van der Waals surface area contributed by atoms with Gasteiger partial charge in [-0.2, -0.15) is 0 Å². The average molecular weight is 333 g/mol. The van der Waals surface area contributed by atoms with Gasteiger partial charge >= 0.3 is 0 Å². The van der Waals surface area contributed by atoms with Crippen LogP contribution in [0.5, 0.6) is 0 Å². The fourth-order valence-electron chi connectivity index (χ4n) is 2.91. The van der Waals surface area contributed by atoms with E-state index in [1.165, 1.54) is 9.47 Å². The highest BCUT2D eigenvalue weighted by Gasteiger charge is 2.33. The van der Waals surface area contributed by atoms with Crippen molar-refractivity contribution in [1.82, 2.24) is 4.57 Å². The predicted octanol–water partition coefficient (Wildman–Crippen LogP) is 2.01. The van der Waals surface area contributed by atoms with E-state index in [1.807, 2.05) is 12.1 Å². The quantitative estimate of drug-likeness (QED) is 0.931. The van der Waals surface area contributed by atoms with Crippen molar-refractivity contribution in [3.63, 3.8) is 0 Å². The van der Waals surface area contributed by atoms with Gasteiger partial charge in [0.05, 0.1) is 6.61 Å². The molecule has 2 aromatic rings. The lowest BCUT2D eigenvalue weighted by molar-refractivity contribution is -0.117. The first-order valence-corrected chi connectivity index (χ1v) is 7.84. The van der Waals surface area contributed by atoms with Gasteiger partial charge in [0, 0.05) is 36.6 Å². The number of nitrogens with zero attached hydrogens (tertiary/aromatic N) is 2. The van der Waals surface area contributed by atoms with Crippen molar-refractivity contribution in [3.8, 4) is 0 Å². The molecule has 23 heavy (non-hydrogen) atoms. The number of hydrogen-bond acceptors (Lipinski definition) is 3. The maximum absolute atomic E-state index is 12.4. The molecule has 0 saturated carbocycles. The van der Waals surface area contributed by atoms with Gasteiger partial charge in [0.25, 0.3) is 5.56 Å². The minimum Gasteiger partial charge on any atom is -0.395 e. The van der Waals surface area contributed by atoms with Crippen molar-refractivity contribution in [2.24, 2.45) is 0 Å². The summed E-state index contributed by atoms with van der Waals surface area (Å²) in [5, 5.41) is 9.67. The number of anilines is 1. The minimum atomic E-state index is -0.258. The van der Waals surface area contributed by atoms with E-state index in [9.17, 15) is 9.59 Å². The van der Waals surface area contributed by atoms with Crippen LogP contribution < -0.4 is 10.5 Å². The third-order valence-electron chi connectivity index (χ3n) is 4.10. The molecule has 3 rings (SSSR count). The van der Waals surface area contributed by atoms with Gasteiger partial charge in [-0.05, 0) is 29.8 Å². The Morgan fingerprint density at radius 1 is 1.17 bits per heavy atom.